The van der Waals surface area contributed by atoms with Gasteiger partial charge in [-0.05, 0) is 24.3 Å². The predicted octanol–water partition coefficient (Wildman–Crippen LogP) is 2.54. The molecule has 5 amide bonds. The Morgan fingerprint density at radius 2 is 1.69 bits per heavy atom. The Kier molecular flexibility index (Phi) is 10.4. The summed E-state index contributed by atoms with van der Waals surface area (Å²) in [5, 5.41) is 13.3. The lowest BCUT2D eigenvalue weighted by atomic mass is 10.0. The highest BCUT2D eigenvalue weighted by molar-refractivity contribution is 7.10. The van der Waals surface area contributed by atoms with Crippen LogP contribution in [0.1, 0.15) is 68.9 Å². The zero-order chi connectivity index (χ0) is 31.9. The van der Waals surface area contributed by atoms with E-state index in [0.717, 1.165) is 5.56 Å². The van der Waals surface area contributed by atoms with Crippen molar-refractivity contribution in [2.75, 3.05) is 39.3 Å². The van der Waals surface area contributed by atoms with Crippen LogP contribution in [-0.4, -0.2) is 88.8 Å². The highest BCUT2D eigenvalue weighted by Crippen LogP contribution is 2.27. The van der Waals surface area contributed by atoms with Gasteiger partial charge in [-0.3, -0.25) is 24.1 Å². The molecule has 4 bridgehead atoms. The van der Waals surface area contributed by atoms with Gasteiger partial charge in [-0.2, -0.15) is 0 Å². The quantitative estimate of drug-likeness (QED) is 0.379. The van der Waals surface area contributed by atoms with Crippen LogP contribution < -0.4 is 16.0 Å². The lowest BCUT2D eigenvalue weighted by Crippen LogP contribution is -2.47. The number of carbonyl (C=O) groups is 5. The van der Waals surface area contributed by atoms with E-state index >= 15 is 0 Å². The minimum atomic E-state index is -0.578. The molecule has 15 heteroatoms. The third-order valence-electron chi connectivity index (χ3n) is 7.39. The number of ether oxygens (including phenoxy) is 1. The van der Waals surface area contributed by atoms with Gasteiger partial charge in [0.1, 0.15) is 34.6 Å². The number of nitrogens with zero attached hydrogens (tertiary/aromatic N) is 4. The SMILES string of the molecule is CC(C)[C@@H]1NC(=O)c2csc(n2)[C@H](Cc2ccccc2)NC(=O)CN(C(=O)CN2CCOC2=O)CCCNC(=O)c2csc1n2. The van der Waals surface area contributed by atoms with E-state index in [0.29, 0.717) is 22.9 Å². The molecule has 0 saturated carbocycles. The number of fused-ring (bicyclic) bond motifs is 4. The number of rotatable bonds is 5. The van der Waals surface area contributed by atoms with Crippen molar-refractivity contribution in [3.63, 3.8) is 0 Å². The molecule has 2 aromatic heterocycles. The Morgan fingerprint density at radius 3 is 2.40 bits per heavy atom. The molecular formula is C30H35N7O6S2. The minimum absolute atomic E-state index is 0.0146. The maximum Gasteiger partial charge on any atom is 0.410 e. The van der Waals surface area contributed by atoms with Crippen molar-refractivity contribution in [2.45, 2.75) is 38.8 Å². The van der Waals surface area contributed by atoms with E-state index in [4.69, 9.17) is 4.74 Å². The molecule has 2 aliphatic heterocycles. The Morgan fingerprint density at radius 1 is 0.978 bits per heavy atom. The van der Waals surface area contributed by atoms with E-state index in [-0.39, 0.29) is 62.5 Å². The van der Waals surface area contributed by atoms with Crippen LogP contribution in [0.5, 0.6) is 0 Å². The van der Waals surface area contributed by atoms with Crippen molar-refractivity contribution in [1.82, 2.24) is 35.7 Å². The molecule has 2 atom stereocenters. The first-order valence-electron chi connectivity index (χ1n) is 14.7. The lowest BCUT2D eigenvalue weighted by Gasteiger charge is -2.25. The minimum Gasteiger partial charge on any atom is -0.448 e. The molecule has 1 aromatic carbocycles. The van der Waals surface area contributed by atoms with E-state index in [1.165, 1.54) is 32.5 Å². The fourth-order valence-electron chi connectivity index (χ4n) is 4.97. The van der Waals surface area contributed by atoms with Crippen LogP contribution in [-0.2, 0) is 20.7 Å². The molecule has 3 N–H and O–H groups in total. The largest absolute Gasteiger partial charge is 0.448 e. The molecule has 0 radical (unpaired) electrons. The molecule has 238 valence electrons. The lowest BCUT2D eigenvalue weighted by molar-refractivity contribution is -0.136. The molecule has 3 aromatic rings. The molecule has 2 aliphatic rings. The first kappa shape index (κ1) is 32.0. The van der Waals surface area contributed by atoms with Gasteiger partial charge in [-0.15, -0.1) is 22.7 Å². The van der Waals surface area contributed by atoms with Crippen LogP contribution in [0.15, 0.2) is 41.1 Å². The van der Waals surface area contributed by atoms with Crippen LogP contribution in [0.2, 0.25) is 0 Å². The summed E-state index contributed by atoms with van der Waals surface area (Å²) in [6.45, 7) is 4.29. The fraction of sp³-hybridized carbons (Fsp3) is 0.433. The summed E-state index contributed by atoms with van der Waals surface area (Å²) in [6, 6.07) is 8.58. The molecule has 1 fully saturated rings. The van der Waals surface area contributed by atoms with Gasteiger partial charge in [-0.1, -0.05) is 44.2 Å². The molecule has 1 saturated heterocycles. The number of amides is 5. The number of carbonyl (C=O) groups excluding carboxylic acids is 5. The third-order valence-corrected chi connectivity index (χ3v) is 9.28. The zero-order valence-corrected chi connectivity index (χ0v) is 26.6. The second-order valence-corrected chi connectivity index (χ2v) is 12.9. The summed E-state index contributed by atoms with van der Waals surface area (Å²) in [7, 11) is 0. The number of hydrogen-bond acceptors (Lipinski definition) is 10. The highest BCUT2D eigenvalue weighted by atomic mass is 32.1. The van der Waals surface area contributed by atoms with Crippen LogP contribution in [0.3, 0.4) is 0 Å². The van der Waals surface area contributed by atoms with E-state index in [1.807, 2.05) is 44.2 Å². The van der Waals surface area contributed by atoms with Crippen molar-refractivity contribution in [2.24, 2.45) is 5.92 Å². The molecule has 0 unspecified atom stereocenters. The van der Waals surface area contributed by atoms with Crippen LogP contribution in [0.4, 0.5) is 4.79 Å². The molecule has 0 spiro atoms. The second kappa shape index (κ2) is 14.6. The van der Waals surface area contributed by atoms with Gasteiger partial charge in [0.2, 0.25) is 11.8 Å². The summed E-state index contributed by atoms with van der Waals surface area (Å²) in [6.07, 6.45) is 0.198. The van der Waals surface area contributed by atoms with E-state index < -0.39 is 35.9 Å². The van der Waals surface area contributed by atoms with Crippen molar-refractivity contribution >= 4 is 52.4 Å². The normalized spacial score (nSPS) is 20.1. The Balaban J connectivity index is 1.43. The third kappa shape index (κ3) is 8.22. The molecule has 13 nitrogen and oxygen atoms in total. The number of aromatic nitrogens is 2. The monoisotopic (exact) mass is 653 g/mol. The van der Waals surface area contributed by atoms with Crippen LogP contribution in [0, 0.1) is 5.92 Å². The second-order valence-electron chi connectivity index (χ2n) is 11.1. The van der Waals surface area contributed by atoms with Gasteiger partial charge in [0.15, 0.2) is 0 Å². The summed E-state index contributed by atoms with van der Waals surface area (Å²) in [5.74, 6) is -1.63. The van der Waals surface area contributed by atoms with Crippen molar-refractivity contribution in [3.05, 3.63) is 68.1 Å². The maximum atomic E-state index is 13.5. The molecular weight excluding hydrogens is 619 g/mol. The average Bonchev–Trinajstić information content (AvgIpc) is 3.79. The molecule has 5 rings (SSSR count). The first-order chi connectivity index (χ1) is 21.7. The molecule has 45 heavy (non-hydrogen) atoms. The standard InChI is InChI=1S/C30H35N7O6S2/c1-18(2)25-29-34-21(16-45-29)26(40)31-9-6-10-36(24(39)15-37-11-12-43-30(37)42)14-23(38)32-20(13-19-7-4-3-5-8-19)28-33-22(17-44-28)27(41)35-25/h3-5,7-8,16-18,20,25H,6,9-15H2,1-2H3,(H,31,40)(H,32,38)(H,35,41)/t20-,25-/m0/s1. The van der Waals surface area contributed by atoms with Gasteiger partial charge < -0.3 is 25.6 Å². The summed E-state index contributed by atoms with van der Waals surface area (Å²) in [4.78, 5) is 76.7. The number of thiazole rings is 2. The highest BCUT2D eigenvalue weighted by Gasteiger charge is 2.29. The topological polar surface area (TPSA) is 163 Å². The Hall–Kier alpha value is -4.37. The smallest absolute Gasteiger partial charge is 0.410 e. The molecule has 4 heterocycles. The number of cyclic esters (lactones) is 1. The van der Waals surface area contributed by atoms with Gasteiger partial charge in [0.25, 0.3) is 11.8 Å². The van der Waals surface area contributed by atoms with Gasteiger partial charge in [0, 0.05) is 23.8 Å². The number of hydrogen-bond donors (Lipinski definition) is 3. The Bertz CT molecular complexity index is 1540. The van der Waals surface area contributed by atoms with Crippen molar-refractivity contribution in [1.29, 1.82) is 0 Å². The Labute approximate surface area is 268 Å². The van der Waals surface area contributed by atoms with Crippen molar-refractivity contribution < 1.29 is 28.7 Å². The molecule has 0 aliphatic carbocycles. The average molecular weight is 654 g/mol. The summed E-state index contributed by atoms with van der Waals surface area (Å²) < 4.78 is 4.95. The van der Waals surface area contributed by atoms with E-state index in [9.17, 15) is 24.0 Å². The van der Waals surface area contributed by atoms with Gasteiger partial charge >= 0.3 is 6.09 Å². The van der Waals surface area contributed by atoms with E-state index in [1.54, 1.807) is 10.8 Å². The number of nitrogens with one attached hydrogen (secondary N) is 3. The summed E-state index contributed by atoms with van der Waals surface area (Å²) in [5.41, 5.74) is 1.39. The van der Waals surface area contributed by atoms with Gasteiger partial charge in [-0.25, -0.2) is 14.8 Å². The van der Waals surface area contributed by atoms with E-state index in [2.05, 4.69) is 25.9 Å². The fourth-order valence-corrected chi connectivity index (χ4v) is 6.84. The first-order valence-corrected chi connectivity index (χ1v) is 16.5. The van der Waals surface area contributed by atoms with Crippen LogP contribution >= 0.6 is 22.7 Å². The maximum absolute atomic E-state index is 13.5. The zero-order valence-electron chi connectivity index (χ0n) is 25.0. The number of benzene rings is 1. The summed E-state index contributed by atoms with van der Waals surface area (Å²) >= 11 is 2.55. The van der Waals surface area contributed by atoms with Gasteiger partial charge in [0.05, 0.1) is 25.2 Å². The van der Waals surface area contributed by atoms with Crippen molar-refractivity contribution in [3.8, 4) is 0 Å². The predicted molar refractivity (Wildman–Crippen MR) is 167 cm³/mol. The van der Waals surface area contributed by atoms with Crippen LogP contribution in [0.25, 0.3) is 0 Å².